The first-order chi connectivity index (χ1) is 18.1. The molecular formula is C29H33BrN2O5. The van der Waals surface area contributed by atoms with Crippen molar-refractivity contribution in [3.05, 3.63) is 74.0 Å². The van der Waals surface area contributed by atoms with E-state index < -0.39 is 6.04 Å². The standard InChI is InChI=1S/C29H33BrN2O5/c1-2-3-4-5-16-36-22-9-6-20(7-10-22)26-25-27(33)23-19-21(30)8-11-24(23)37-28(25)29(34)32(26)13-12-31-14-17-35-18-15-31/h6-11,19,26H,2-5,12-18H2,1H3. The number of morpholine rings is 1. The van der Waals surface area contributed by atoms with Crippen molar-refractivity contribution in [2.45, 2.75) is 38.6 Å². The van der Waals surface area contributed by atoms with Crippen molar-refractivity contribution in [2.24, 2.45) is 0 Å². The predicted octanol–water partition coefficient (Wildman–Crippen LogP) is 5.39. The summed E-state index contributed by atoms with van der Waals surface area (Å²) < 4.78 is 18.2. The Morgan fingerprint density at radius 1 is 1.00 bits per heavy atom. The lowest BCUT2D eigenvalue weighted by molar-refractivity contribution is 0.0314. The van der Waals surface area contributed by atoms with E-state index in [0.717, 1.165) is 41.7 Å². The molecule has 0 radical (unpaired) electrons. The molecule has 3 aromatic rings. The van der Waals surface area contributed by atoms with E-state index in [0.29, 0.717) is 49.4 Å². The first-order valence-electron chi connectivity index (χ1n) is 13.2. The van der Waals surface area contributed by atoms with Gasteiger partial charge in [-0.15, -0.1) is 0 Å². The molecule has 0 saturated carbocycles. The van der Waals surface area contributed by atoms with Crippen LogP contribution in [-0.2, 0) is 4.74 Å². The van der Waals surface area contributed by atoms with Crippen LogP contribution in [0.2, 0.25) is 0 Å². The minimum absolute atomic E-state index is 0.142. The molecule has 2 aromatic carbocycles. The molecule has 2 aliphatic heterocycles. The van der Waals surface area contributed by atoms with E-state index in [9.17, 15) is 9.59 Å². The molecule has 7 nitrogen and oxygen atoms in total. The van der Waals surface area contributed by atoms with E-state index in [-0.39, 0.29) is 17.1 Å². The molecule has 1 atom stereocenters. The summed E-state index contributed by atoms with van der Waals surface area (Å²) in [5, 5.41) is 0.466. The van der Waals surface area contributed by atoms with Gasteiger partial charge in [0.15, 0.2) is 5.43 Å². The minimum atomic E-state index is -0.512. The first-order valence-corrected chi connectivity index (χ1v) is 14.0. The number of hydrogen-bond acceptors (Lipinski definition) is 6. The molecule has 1 saturated heterocycles. The highest BCUT2D eigenvalue weighted by molar-refractivity contribution is 9.10. The van der Waals surface area contributed by atoms with Crippen LogP contribution in [0.1, 0.15) is 60.3 Å². The second-order valence-electron chi connectivity index (χ2n) is 9.65. The zero-order valence-corrected chi connectivity index (χ0v) is 22.8. The predicted molar refractivity (Wildman–Crippen MR) is 146 cm³/mol. The fourth-order valence-electron chi connectivity index (χ4n) is 5.11. The van der Waals surface area contributed by atoms with Gasteiger partial charge in [-0.2, -0.15) is 0 Å². The van der Waals surface area contributed by atoms with Crippen molar-refractivity contribution in [1.29, 1.82) is 0 Å². The molecular weight excluding hydrogens is 536 g/mol. The number of fused-ring (bicyclic) bond motifs is 2. The van der Waals surface area contributed by atoms with Crippen molar-refractivity contribution >= 4 is 32.8 Å². The van der Waals surface area contributed by atoms with Gasteiger partial charge in [0.25, 0.3) is 5.91 Å². The van der Waals surface area contributed by atoms with E-state index in [1.54, 1.807) is 17.0 Å². The van der Waals surface area contributed by atoms with E-state index in [2.05, 4.69) is 27.8 Å². The maximum atomic E-state index is 13.7. The maximum Gasteiger partial charge on any atom is 0.290 e. The second-order valence-corrected chi connectivity index (χ2v) is 10.6. The molecule has 1 fully saturated rings. The number of hydrogen-bond donors (Lipinski definition) is 0. The van der Waals surface area contributed by atoms with Crippen molar-refractivity contribution < 1.29 is 18.7 Å². The summed E-state index contributed by atoms with van der Waals surface area (Å²) >= 11 is 3.45. The molecule has 0 spiro atoms. The topological polar surface area (TPSA) is 72.2 Å². The Morgan fingerprint density at radius 2 is 1.78 bits per heavy atom. The molecule has 1 aromatic heterocycles. The Bertz CT molecular complexity index is 1300. The van der Waals surface area contributed by atoms with Crippen LogP contribution in [0, 0.1) is 0 Å². The van der Waals surface area contributed by atoms with Crippen LogP contribution in [0.4, 0.5) is 0 Å². The molecule has 37 heavy (non-hydrogen) atoms. The summed E-state index contributed by atoms with van der Waals surface area (Å²) in [5.41, 5.74) is 1.53. The van der Waals surface area contributed by atoms with E-state index in [1.165, 1.54) is 12.8 Å². The quantitative estimate of drug-likeness (QED) is 0.305. The molecule has 0 aliphatic carbocycles. The molecule has 1 amide bonds. The number of nitrogens with zero attached hydrogens (tertiary/aromatic N) is 2. The van der Waals surface area contributed by atoms with E-state index in [1.807, 2.05) is 30.3 Å². The zero-order valence-electron chi connectivity index (χ0n) is 21.2. The van der Waals surface area contributed by atoms with Gasteiger partial charge in [-0.25, -0.2) is 0 Å². The lowest BCUT2D eigenvalue weighted by Crippen LogP contribution is -2.42. The number of amides is 1. The van der Waals surface area contributed by atoms with Crippen LogP contribution in [0.3, 0.4) is 0 Å². The fourth-order valence-corrected chi connectivity index (χ4v) is 5.47. The summed E-state index contributed by atoms with van der Waals surface area (Å²) in [6, 6.07) is 12.6. The Morgan fingerprint density at radius 3 is 2.54 bits per heavy atom. The van der Waals surface area contributed by atoms with Gasteiger partial charge < -0.3 is 18.8 Å². The van der Waals surface area contributed by atoms with Crippen LogP contribution >= 0.6 is 15.9 Å². The van der Waals surface area contributed by atoms with Gasteiger partial charge in [0.05, 0.1) is 36.8 Å². The highest BCUT2D eigenvalue weighted by atomic mass is 79.9. The number of carbonyl (C=O) groups excluding carboxylic acids is 1. The number of rotatable bonds is 10. The van der Waals surface area contributed by atoms with Crippen LogP contribution in [-0.4, -0.2) is 61.7 Å². The van der Waals surface area contributed by atoms with Gasteiger partial charge in [-0.1, -0.05) is 54.2 Å². The number of carbonyl (C=O) groups is 1. The monoisotopic (exact) mass is 568 g/mol. The molecule has 1 unspecified atom stereocenters. The van der Waals surface area contributed by atoms with E-state index in [4.69, 9.17) is 13.9 Å². The van der Waals surface area contributed by atoms with Crippen LogP contribution in [0.15, 0.2) is 56.1 Å². The highest BCUT2D eigenvalue weighted by Crippen LogP contribution is 2.38. The molecule has 3 heterocycles. The third-order valence-corrected chi connectivity index (χ3v) is 7.64. The summed E-state index contributed by atoms with van der Waals surface area (Å²) in [7, 11) is 0. The van der Waals surface area contributed by atoms with E-state index >= 15 is 0 Å². The Kier molecular flexibility index (Phi) is 8.27. The Labute approximate surface area is 225 Å². The van der Waals surface area contributed by atoms with Crippen molar-refractivity contribution in [3.63, 3.8) is 0 Å². The summed E-state index contributed by atoms with van der Waals surface area (Å²) in [5.74, 6) is 0.689. The van der Waals surface area contributed by atoms with Gasteiger partial charge >= 0.3 is 0 Å². The highest BCUT2D eigenvalue weighted by Gasteiger charge is 2.42. The normalized spacial score (nSPS) is 17.9. The molecule has 5 rings (SSSR count). The summed E-state index contributed by atoms with van der Waals surface area (Å²) in [6.07, 6.45) is 4.59. The lowest BCUT2D eigenvalue weighted by atomic mass is 9.98. The summed E-state index contributed by atoms with van der Waals surface area (Å²) in [4.78, 5) is 31.4. The van der Waals surface area contributed by atoms with Crippen LogP contribution < -0.4 is 10.2 Å². The molecule has 8 heteroatoms. The third-order valence-electron chi connectivity index (χ3n) is 7.15. The smallest absolute Gasteiger partial charge is 0.290 e. The average Bonchev–Trinajstić information content (AvgIpc) is 3.20. The van der Waals surface area contributed by atoms with Gasteiger partial charge in [-0.3, -0.25) is 14.5 Å². The molecule has 0 bridgehead atoms. The van der Waals surface area contributed by atoms with Gasteiger partial charge in [0.2, 0.25) is 5.76 Å². The van der Waals surface area contributed by atoms with Gasteiger partial charge in [0, 0.05) is 30.7 Å². The van der Waals surface area contributed by atoms with Crippen LogP contribution in [0.5, 0.6) is 5.75 Å². The largest absolute Gasteiger partial charge is 0.494 e. The van der Waals surface area contributed by atoms with Crippen molar-refractivity contribution in [1.82, 2.24) is 9.80 Å². The molecule has 196 valence electrons. The lowest BCUT2D eigenvalue weighted by Gasteiger charge is -2.31. The fraction of sp³-hybridized carbons (Fsp3) is 0.448. The number of benzene rings is 2. The number of ether oxygens (including phenoxy) is 2. The Hall–Kier alpha value is -2.68. The SMILES string of the molecule is CCCCCCOc1ccc(C2c3c(oc4ccc(Br)cc4c3=O)C(=O)N2CCN2CCOCC2)cc1. The Balaban J connectivity index is 1.45. The zero-order chi connectivity index (χ0) is 25.8. The maximum absolute atomic E-state index is 13.7. The first kappa shape index (κ1) is 25.9. The number of halogens is 1. The second kappa shape index (κ2) is 11.8. The third kappa shape index (κ3) is 5.61. The van der Waals surface area contributed by atoms with Crippen molar-refractivity contribution in [3.8, 4) is 5.75 Å². The van der Waals surface area contributed by atoms with Gasteiger partial charge in [0.1, 0.15) is 11.3 Å². The number of unbranched alkanes of at least 4 members (excludes halogenated alkanes) is 3. The minimum Gasteiger partial charge on any atom is -0.494 e. The van der Waals surface area contributed by atoms with Crippen LogP contribution in [0.25, 0.3) is 11.0 Å². The molecule has 0 N–H and O–H groups in total. The summed E-state index contributed by atoms with van der Waals surface area (Å²) in [6.45, 7) is 7.12. The molecule has 2 aliphatic rings. The van der Waals surface area contributed by atoms with Gasteiger partial charge in [-0.05, 0) is 42.3 Å². The average molecular weight is 569 g/mol. The van der Waals surface area contributed by atoms with Crippen molar-refractivity contribution in [2.75, 3.05) is 46.0 Å².